The Kier molecular flexibility index (Phi) is 6.50. The minimum Gasteiger partial charge on any atom is -0.497 e. The van der Waals surface area contributed by atoms with Crippen molar-refractivity contribution in [3.05, 3.63) is 95.6 Å². The quantitative estimate of drug-likeness (QED) is 0.265. The van der Waals surface area contributed by atoms with Gasteiger partial charge in [0.25, 0.3) is 0 Å². The standard InChI is InChI=1S/C28H25NO4/c1-4-19-9-11-21(12-10-19)27(30)18(2)33-28(31)24-17-26(20-13-15-22(32-3)16-14-20)29-25-8-6-5-7-23(24)25/h5-18H,4H2,1-3H3. The van der Waals surface area contributed by atoms with Crippen LogP contribution in [-0.4, -0.2) is 30.0 Å². The number of Topliss-reactive ketones (excluding diaryl/α,β-unsaturated/α-hetero) is 1. The van der Waals surface area contributed by atoms with Crippen LogP contribution in [0.1, 0.15) is 40.1 Å². The van der Waals surface area contributed by atoms with Gasteiger partial charge < -0.3 is 9.47 Å². The molecule has 0 N–H and O–H groups in total. The van der Waals surface area contributed by atoms with Gasteiger partial charge in [0.15, 0.2) is 6.10 Å². The lowest BCUT2D eigenvalue weighted by molar-refractivity contribution is 0.0320. The molecule has 5 nitrogen and oxygen atoms in total. The topological polar surface area (TPSA) is 65.5 Å². The van der Waals surface area contributed by atoms with Crippen molar-refractivity contribution in [3.8, 4) is 17.0 Å². The molecular weight excluding hydrogens is 414 g/mol. The molecule has 1 heterocycles. The zero-order chi connectivity index (χ0) is 23.4. The summed E-state index contributed by atoms with van der Waals surface area (Å²) in [6, 6.07) is 23.9. The Morgan fingerprint density at radius 2 is 1.64 bits per heavy atom. The third-order valence-electron chi connectivity index (χ3n) is 5.62. The molecule has 0 saturated carbocycles. The fourth-order valence-corrected chi connectivity index (χ4v) is 3.67. The molecule has 1 atom stereocenters. The van der Waals surface area contributed by atoms with Crippen LogP contribution in [0, 0.1) is 0 Å². The number of ketones is 1. The van der Waals surface area contributed by atoms with E-state index in [1.165, 1.54) is 0 Å². The number of hydrogen-bond acceptors (Lipinski definition) is 5. The van der Waals surface area contributed by atoms with Crippen molar-refractivity contribution in [2.75, 3.05) is 7.11 Å². The predicted octanol–water partition coefficient (Wildman–Crippen LogP) is 5.90. The maximum absolute atomic E-state index is 13.2. The van der Waals surface area contributed by atoms with Crippen LogP contribution < -0.4 is 4.74 Å². The van der Waals surface area contributed by atoms with E-state index in [9.17, 15) is 9.59 Å². The van der Waals surface area contributed by atoms with Crippen LogP contribution >= 0.6 is 0 Å². The Hall–Kier alpha value is -3.99. The highest BCUT2D eigenvalue weighted by atomic mass is 16.5. The van der Waals surface area contributed by atoms with Gasteiger partial charge in [0.2, 0.25) is 5.78 Å². The van der Waals surface area contributed by atoms with Gasteiger partial charge in [-0.1, -0.05) is 49.4 Å². The van der Waals surface area contributed by atoms with E-state index in [2.05, 4.69) is 6.92 Å². The Morgan fingerprint density at radius 3 is 2.30 bits per heavy atom. The number of fused-ring (bicyclic) bond motifs is 1. The van der Waals surface area contributed by atoms with Gasteiger partial charge in [-0.25, -0.2) is 9.78 Å². The number of rotatable bonds is 7. The predicted molar refractivity (Wildman–Crippen MR) is 129 cm³/mol. The number of aromatic nitrogens is 1. The van der Waals surface area contributed by atoms with E-state index < -0.39 is 12.1 Å². The second-order valence-corrected chi connectivity index (χ2v) is 7.76. The van der Waals surface area contributed by atoms with Gasteiger partial charge in [-0.05, 0) is 55.3 Å². The van der Waals surface area contributed by atoms with Crippen LogP contribution in [0.25, 0.3) is 22.2 Å². The first kappa shape index (κ1) is 22.2. The zero-order valence-corrected chi connectivity index (χ0v) is 18.9. The molecule has 4 aromatic rings. The number of ether oxygens (including phenoxy) is 2. The molecule has 166 valence electrons. The number of nitrogens with zero attached hydrogens (tertiary/aromatic N) is 1. The third-order valence-corrected chi connectivity index (χ3v) is 5.62. The number of pyridine rings is 1. The smallest absolute Gasteiger partial charge is 0.339 e. The molecule has 3 aromatic carbocycles. The summed E-state index contributed by atoms with van der Waals surface area (Å²) >= 11 is 0. The number of aryl methyl sites for hydroxylation is 1. The first-order chi connectivity index (χ1) is 16.0. The van der Waals surface area contributed by atoms with E-state index in [4.69, 9.17) is 14.5 Å². The fraction of sp³-hybridized carbons (Fsp3) is 0.179. The summed E-state index contributed by atoms with van der Waals surface area (Å²) < 4.78 is 10.8. The summed E-state index contributed by atoms with van der Waals surface area (Å²) in [5, 5.41) is 0.673. The van der Waals surface area contributed by atoms with Gasteiger partial charge in [0.1, 0.15) is 5.75 Å². The second-order valence-electron chi connectivity index (χ2n) is 7.76. The van der Waals surface area contributed by atoms with Crippen molar-refractivity contribution in [3.63, 3.8) is 0 Å². The van der Waals surface area contributed by atoms with E-state index in [1.807, 2.05) is 60.7 Å². The van der Waals surface area contributed by atoms with Crippen LogP contribution in [0.15, 0.2) is 78.9 Å². The zero-order valence-electron chi connectivity index (χ0n) is 18.9. The average Bonchev–Trinajstić information content (AvgIpc) is 2.87. The van der Waals surface area contributed by atoms with E-state index >= 15 is 0 Å². The SMILES string of the molecule is CCc1ccc(C(=O)C(C)OC(=O)c2cc(-c3ccc(OC)cc3)nc3ccccc23)cc1. The van der Waals surface area contributed by atoms with E-state index in [1.54, 1.807) is 32.2 Å². The molecule has 0 aliphatic carbocycles. The third kappa shape index (κ3) is 4.77. The monoisotopic (exact) mass is 439 g/mol. The summed E-state index contributed by atoms with van der Waals surface area (Å²) in [6.45, 7) is 3.65. The highest BCUT2D eigenvalue weighted by molar-refractivity contribution is 6.06. The lowest BCUT2D eigenvalue weighted by atomic mass is 10.0. The maximum Gasteiger partial charge on any atom is 0.339 e. The number of hydrogen-bond donors (Lipinski definition) is 0. The summed E-state index contributed by atoms with van der Waals surface area (Å²) in [4.78, 5) is 30.7. The highest BCUT2D eigenvalue weighted by Crippen LogP contribution is 2.27. The van der Waals surface area contributed by atoms with Crippen LogP contribution in [-0.2, 0) is 11.2 Å². The Bertz CT molecular complexity index is 1290. The Morgan fingerprint density at radius 1 is 0.939 bits per heavy atom. The van der Waals surface area contributed by atoms with Crippen LogP contribution in [0.2, 0.25) is 0 Å². The van der Waals surface area contributed by atoms with E-state index in [-0.39, 0.29) is 5.78 Å². The number of benzene rings is 3. The molecule has 1 unspecified atom stereocenters. The van der Waals surface area contributed by atoms with Gasteiger partial charge in [-0.2, -0.15) is 0 Å². The molecule has 5 heteroatoms. The summed E-state index contributed by atoms with van der Waals surface area (Å²) in [5.41, 5.74) is 4.18. The molecule has 0 spiro atoms. The Balaban J connectivity index is 1.64. The van der Waals surface area contributed by atoms with E-state index in [0.29, 0.717) is 27.7 Å². The normalized spacial score (nSPS) is 11.7. The van der Waals surface area contributed by atoms with Crippen molar-refractivity contribution in [2.45, 2.75) is 26.4 Å². The molecule has 4 rings (SSSR count). The largest absolute Gasteiger partial charge is 0.497 e. The first-order valence-electron chi connectivity index (χ1n) is 10.9. The fourth-order valence-electron chi connectivity index (χ4n) is 3.67. The molecule has 1 aromatic heterocycles. The van der Waals surface area contributed by atoms with Crippen molar-refractivity contribution in [1.82, 2.24) is 4.98 Å². The lowest BCUT2D eigenvalue weighted by Crippen LogP contribution is -2.24. The van der Waals surface area contributed by atoms with Gasteiger partial charge in [-0.3, -0.25) is 4.79 Å². The number of carbonyl (C=O) groups excluding carboxylic acids is 2. The number of carbonyl (C=O) groups is 2. The average molecular weight is 440 g/mol. The summed E-state index contributed by atoms with van der Waals surface area (Å²) in [5.74, 6) is -0.0624. The minimum absolute atomic E-state index is 0.236. The van der Waals surface area contributed by atoms with Crippen LogP contribution in [0.4, 0.5) is 0 Å². The molecule has 0 radical (unpaired) electrons. The number of esters is 1. The van der Waals surface area contributed by atoms with Crippen molar-refractivity contribution in [2.24, 2.45) is 0 Å². The Labute approximate surface area is 193 Å². The summed E-state index contributed by atoms with van der Waals surface area (Å²) in [7, 11) is 1.61. The number of para-hydroxylation sites is 1. The molecule has 33 heavy (non-hydrogen) atoms. The van der Waals surface area contributed by atoms with Crippen molar-refractivity contribution >= 4 is 22.7 Å². The molecule has 0 fully saturated rings. The maximum atomic E-state index is 13.2. The molecule has 0 saturated heterocycles. The van der Waals surface area contributed by atoms with Gasteiger partial charge >= 0.3 is 5.97 Å². The van der Waals surface area contributed by atoms with Crippen molar-refractivity contribution < 1.29 is 19.1 Å². The molecule has 0 amide bonds. The van der Waals surface area contributed by atoms with E-state index in [0.717, 1.165) is 23.3 Å². The molecule has 0 bridgehead atoms. The number of methoxy groups -OCH3 is 1. The second kappa shape index (κ2) is 9.65. The van der Waals surface area contributed by atoms with Gasteiger partial charge in [0, 0.05) is 16.5 Å². The van der Waals surface area contributed by atoms with Gasteiger partial charge in [-0.15, -0.1) is 0 Å². The van der Waals surface area contributed by atoms with Crippen LogP contribution in [0.3, 0.4) is 0 Å². The van der Waals surface area contributed by atoms with Crippen LogP contribution in [0.5, 0.6) is 5.75 Å². The van der Waals surface area contributed by atoms with Gasteiger partial charge in [0.05, 0.1) is 23.9 Å². The lowest BCUT2D eigenvalue weighted by Gasteiger charge is -2.15. The van der Waals surface area contributed by atoms with Crippen molar-refractivity contribution in [1.29, 1.82) is 0 Å². The molecule has 0 aliphatic heterocycles. The summed E-state index contributed by atoms with van der Waals surface area (Å²) in [6.07, 6.45) is -0.0219. The highest BCUT2D eigenvalue weighted by Gasteiger charge is 2.22. The first-order valence-corrected chi connectivity index (χ1v) is 10.9. The molecule has 0 aliphatic rings. The minimum atomic E-state index is -0.915. The molecular formula is C28H25NO4.